The minimum absolute atomic E-state index is 0.137. The van der Waals surface area contributed by atoms with Crippen LogP contribution in [-0.2, 0) is 36.8 Å². The summed E-state index contributed by atoms with van der Waals surface area (Å²) in [7, 11) is 3.87. The van der Waals surface area contributed by atoms with Gasteiger partial charge >= 0.3 is 12.0 Å². The molecule has 0 saturated carbocycles. The Balaban J connectivity index is 1.28. The molecule has 16 nitrogen and oxygen atoms in total. The predicted octanol–water partition coefficient (Wildman–Crippen LogP) is 5.54. The van der Waals surface area contributed by atoms with Crippen LogP contribution in [0.2, 0.25) is 0 Å². The molecule has 4 aliphatic heterocycles. The highest BCUT2D eigenvalue weighted by molar-refractivity contribution is 7.10. The Hall–Kier alpha value is -4.65. The number of benzene rings is 1. The molecule has 17 heteroatoms. The molecule has 6 bridgehead atoms. The van der Waals surface area contributed by atoms with Crippen LogP contribution in [0.15, 0.2) is 35.8 Å². The molecule has 346 valence electrons. The van der Waals surface area contributed by atoms with Gasteiger partial charge in [0.25, 0.3) is 5.91 Å². The zero-order valence-electron chi connectivity index (χ0n) is 38.6. The summed E-state index contributed by atoms with van der Waals surface area (Å²) in [5.41, 5.74) is 10.4. The van der Waals surface area contributed by atoms with Crippen molar-refractivity contribution in [1.82, 2.24) is 40.1 Å². The Labute approximate surface area is 380 Å². The van der Waals surface area contributed by atoms with Crippen molar-refractivity contribution >= 4 is 45.8 Å². The van der Waals surface area contributed by atoms with Gasteiger partial charge in [0, 0.05) is 92.4 Å². The lowest BCUT2D eigenvalue weighted by atomic mass is 9.84. The summed E-state index contributed by atoms with van der Waals surface area (Å²) in [6.07, 6.45) is 2.27. The molecule has 8 rings (SSSR count). The molecule has 4 aromatic rings. The average Bonchev–Trinajstić information content (AvgIpc) is 3.88. The van der Waals surface area contributed by atoms with E-state index < -0.39 is 47.6 Å². The van der Waals surface area contributed by atoms with Gasteiger partial charge < -0.3 is 43.9 Å². The molecule has 7 heterocycles. The van der Waals surface area contributed by atoms with Gasteiger partial charge in [-0.05, 0) is 84.2 Å². The average molecular weight is 900 g/mol. The maximum atomic E-state index is 14.7. The fourth-order valence-corrected chi connectivity index (χ4v) is 10.5. The Morgan fingerprint density at radius 3 is 2.56 bits per heavy atom. The number of hydrogen-bond acceptors (Lipinski definition) is 13. The number of aliphatic hydroxyl groups excluding tert-OH is 1. The number of carbonyl (C=O) groups excluding carboxylic acids is 3. The third-order valence-corrected chi connectivity index (χ3v) is 14.3. The second-order valence-electron chi connectivity index (χ2n) is 18.5. The van der Waals surface area contributed by atoms with Crippen LogP contribution in [0.5, 0.6) is 0 Å². The zero-order valence-corrected chi connectivity index (χ0v) is 39.4. The number of carbonyl (C=O) groups is 3. The summed E-state index contributed by atoms with van der Waals surface area (Å²) in [6, 6.07) is 5.90. The molecular formula is C47H65N9O7S. The van der Waals surface area contributed by atoms with E-state index in [-0.39, 0.29) is 25.4 Å². The Bertz CT molecular complexity index is 2340. The summed E-state index contributed by atoms with van der Waals surface area (Å²) in [6.45, 7) is 17.5. The second kappa shape index (κ2) is 19.1. The normalized spacial score (nSPS) is 24.2. The highest BCUT2D eigenvalue weighted by Gasteiger charge is 2.43. The molecular weight excluding hydrogens is 835 g/mol. The first kappa shape index (κ1) is 45.9. The lowest BCUT2D eigenvalue weighted by Crippen LogP contribution is -2.65. The minimum Gasteiger partial charge on any atom is -0.464 e. The molecule has 6 atom stereocenters. The summed E-state index contributed by atoms with van der Waals surface area (Å²) >= 11 is 1.37. The number of nitrogens with one attached hydrogen (secondary N) is 2. The smallest absolute Gasteiger partial charge is 0.324 e. The molecule has 3 amide bonds. The van der Waals surface area contributed by atoms with Gasteiger partial charge in [-0.15, -0.1) is 11.3 Å². The van der Waals surface area contributed by atoms with E-state index in [9.17, 15) is 19.5 Å². The highest BCUT2D eigenvalue weighted by Crippen LogP contribution is 2.43. The molecule has 0 radical (unpaired) electrons. The van der Waals surface area contributed by atoms with E-state index in [1.807, 2.05) is 25.4 Å². The molecule has 1 aromatic carbocycles. The Morgan fingerprint density at radius 2 is 1.88 bits per heavy atom. The van der Waals surface area contributed by atoms with Crippen LogP contribution in [0.25, 0.3) is 33.4 Å². The van der Waals surface area contributed by atoms with Crippen molar-refractivity contribution in [2.45, 2.75) is 110 Å². The molecule has 3 saturated heterocycles. The monoisotopic (exact) mass is 899 g/mol. The van der Waals surface area contributed by atoms with E-state index in [2.05, 4.69) is 77.2 Å². The largest absolute Gasteiger partial charge is 0.464 e. The summed E-state index contributed by atoms with van der Waals surface area (Å²) in [5, 5.41) is 18.3. The van der Waals surface area contributed by atoms with Crippen molar-refractivity contribution < 1.29 is 33.7 Å². The molecule has 4 aliphatic rings. The number of nitrogens with zero attached hydrogens (tertiary/aromatic N) is 7. The number of aryl methyl sites for hydroxylation is 1. The number of amides is 3. The third-order valence-electron chi connectivity index (χ3n) is 13.4. The Kier molecular flexibility index (Phi) is 13.7. The lowest BCUT2D eigenvalue weighted by molar-refractivity contribution is -0.156. The number of aliphatic hydroxyl groups is 1. The number of anilines is 1. The van der Waals surface area contributed by atoms with Crippen LogP contribution in [-0.4, -0.2) is 143 Å². The van der Waals surface area contributed by atoms with Gasteiger partial charge in [0.15, 0.2) is 0 Å². The summed E-state index contributed by atoms with van der Waals surface area (Å²) in [4.78, 5) is 59.1. The number of thiazole rings is 1. The molecule has 0 unspecified atom stereocenters. The number of piperazine rings is 1. The number of likely N-dealkylation sites (tertiary alicyclic amines) is 1. The van der Waals surface area contributed by atoms with Crippen molar-refractivity contribution in [3.63, 3.8) is 0 Å². The number of likely N-dealkylation sites (N-methyl/N-ethyl adjacent to an activating group) is 1. The van der Waals surface area contributed by atoms with Crippen LogP contribution in [0.1, 0.15) is 89.3 Å². The van der Waals surface area contributed by atoms with Crippen LogP contribution in [0, 0.1) is 5.41 Å². The first-order valence-electron chi connectivity index (χ1n) is 22.9. The van der Waals surface area contributed by atoms with E-state index in [1.165, 1.54) is 16.3 Å². The number of pyridine rings is 1. The number of urea groups is 1. The number of ether oxygens (including phenoxy) is 3. The van der Waals surface area contributed by atoms with Gasteiger partial charge in [-0.3, -0.25) is 19.6 Å². The molecule has 64 heavy (non-hydrogen) atoms. The summed E-state index contributed by atoms with van der Waals surface area (Å²) < 4.78 is 20.9. The van der Waals surface area contributed by atoms with Crippen molar-refractivity contribution in [1.29, 1.82) is 0 Å². The highest BCUT2D eigenvalue weighted by atomic mass is 32.1. The van der Waals surface area contributed by atoms with Crippen molar-refractivity contribution in [2.75, 3.05) is 71.5 Å². The molecule has 3 fully saturated rings. The van der Waals surface area contributed by atoms with E-state index in [0.717, 1.165) is 76.5 Å². The van der Waals surface area contributed by atoms with Crippen LogP contribution in [0.3, 0.4) is 0 Å². The number of esters is 1. The molecule has 0 aliphatic carbocycles. The molecule has 3 N–H and O–H groups in total. The predicted molar refractivity (Wildman–Crippen MR) is 247 cm³/mol. The maximum absolute atomic E-state index is 14.7. The quantitative estimate of drug-likeness (QED) is 0.180. The number of cyclic esters (lactones) is 1. The second-order valence-corrected chi connectivity index (χ2v) is 19.4. The third kappa shape index (κ3) is 9.11. The topological polar surface area (TPSA) is 167 Å². The lowest BCUT2D eigenvalue weighted by Gasteiger charge is -2.44. The molecule has 3 aromatic heterocycles. The van der Waals surface area contributed by atoms with Gasteiger partial charge in [0.05, 0.1) is 53.8 Å². The first-order valence-corrected chi connectivity index (χ1v) is 23.8. The molecule has 0 spiro atoms. The van der Waals surface area contributed by atoms with Crippen LogP contribution < -0.4 is 15.6 Å². The number of rotatable bonds is 9. The maximum Gasteiger partial charge on any atom is 0.324 e. The minimum atomic E-state index is -1.20. The van der Waals surface area contributed by atoms with E-state index >= 15 is 0 Å². The number of aromatic nitrogens is 3. The van der Waals surface area contributed by atoms with Crippen LogP contribution >= 0.6 is 11.3 Å². The van der Waals surface area contributed by atoms with Gasteiger partial charge in [-0.25, -0.2) is 15.2 Å². The van der Waals surface area contributed by atoms with Crippen molar-refractivity contribution in [3.05, 3.63) is 52.1 Å². The van der Waals surface area contributed by atoms with Crippen LogP contribution in [0.4, 0.5) is 10.5 Å². The SMILES string of the molecule is CCO[C@@H]1c2nc(cs2)-c2ccc3c(c2)c(c(-c2cc(N4CCN(C)CC4)cnc2[C@H](C)OC)n3CC)CC(C)(C)COC(=O)[C@@H]2CCCN(N2)C(=O)[C@H]1NC(=O)N1CC[C@H]1[C@@H](C)O. The first-order chi connectivity index (χ1) is 30.7. The van der Waals surface area contributed by atoms with Crippen molar-refractivity contribution in [3.8, 4) is 22.5 Å². The Morgan fingerprint density at radius 1 is 1.09 bits per heavy atom. The number of hydrogen-bond donors (Lipinski definition) is 3. The van der Waals surface area contributed by atoms with E-state index in [1.54, 1.807) is 18.9 Å². The fourth-order valence-electron chi connectivity index (χ4n) is 9.59. The fraction of sp³-hybridized carbons (Fsp3) is 0.596. The van der Waals surface area contributed by atoms with Gasteiger partial charge in [-0.1, -0.05) is 19.9 Å². The number of methoxy groups -OCH3 is 1. The van der Waals surface area contributed by atoms with E-state index in [0.29, 0.717) is 50.3 Å². The van der Waals surface area contributed by atoms with Gasteiger partial charge in [-0.2, -0.15) is 0 Å². The van der Waals surface area contributed by atoms with E-state index in [4.69, 9.17) is 24.2 Å². The number of fused-ring (bicyclic) bond motifs is 6. The van der Waals surface area contributed by atoms with Crippen molar-refractivity contribution in [2.24, 2.45) is 5.41 Å². The number of hydrazine groups is 1. The standard InChI is InChI=1S/C47H65N9O7S/c1-9-54-38-14-13-30-22-32(38)34(41(54)33-23-31(25-48-39(33)29(4)61-8)53-20-18-52(7)19-21-53)24-47(5,6)27-63-45(59)35-12-11-16-56(51-35)44(58)40(42(62-10-2)43-49-36(30)26-64-43)50-46(60)55-17-15-37(55)28(3)57/h13-14,22-23,25-26,28-29,35,37,40,42,51,57H,9-12,15-21,24,27H2,1-8H3,(H,50,60)/t28-,29+,35+,37+,40+,42+/m1/s1. The van der Waals surface area contributed by atoms with Gasteiger partial charge in [0.1, 0.15) is 23.2 Å². The zero-order chi connectivity index (χ0) is 45.4. The van der Waals surface area contributed by atoms with Gasteiger partial charge in [0.2, 0.25) is 0 Å². The summed E-state index contributed by atoms with van der Waals surface area (Å²) in [5.74, 6) is -0.901.